The maximum absolute atomic E-state index is 12.7. The van der Waals surface area contributed by atoms with Gasteiger partial charge in [-0.1, -0.05) is 30.3 Å². The first kappa shape index (κ1) is 15.5. The van der Waals surface area contributed by atoms with Gasteiger partial charge in [0.1, 0.15) is 0 Å². The summed E-state index contributed by atoms with van der Waals surface area (Å²) in [6, 6.07) is 9.07. The van der Waals surface area contributed by atoms with Crippen molar-refractivity contribution in [3.8, 4) is 0 Å². The Balaban J connectivity index is 2.16. The SMILES string of the molecule is COC(C(=O)N1CCCCC1CC(=O)O)c1ccccc1. The van der Waals surface area contributed by atoms with Gasteiger partial charge in [-0.15, -0.1) is 0 Å². The number of likely N-dealkylation sites (tertiary alicyclic amines) is 1. The van der Waals surface area contributed by atoms with Gasteiger partial charge in [-0.3, -0.25) is 9.59 Å². The second kappa shape index (κ2) is 7.22. The largest absolute Gasteiger partial charge is 0.481 e. The smallest absolute Gasteiger partial charge is 0.305 e. The Kier molecular flexibility index (Phi) is 5.33. The Bertz CT molecular complexity index is 488. The first-order chi connectivity index (χ1) is 10.1. The topological polar surface area (TPSA) is 66.8 Å². The van der Waals surface area contributed by atoms with Crippen LogP contribution in [0.5, 0.6) is 0 Å². The third-order valence-electron chi connectivity index (χ3n) is 3.88. The van der Waals surface area contributed by atoms with Gasteiger partial charge < -0.3 is 14.7 Å². The lowest BCUT2D eigenvalue weighted by Gasteiger charge is -2.37. The molecule has 0 radical (unpaired) electrons. The van der Waals surface area contributed by atoms with Crippen molar-refractivity contribution in [1.29, 1.82) is 0 Å². The molecule has 0 bridgehead atoms. The molecular weight excluding hydrogens is 270 g/mol. The number of ether oxygens (including phenoxy) is 1. The van der Waals surface area contributed by atoms with Crippen LogP contribution in [0, 0.1) is 0 Å². The van der Waals surface area contributed by atoms with Crippen LogP contribution >= 0.6 is 0 Å². The molecule has 1 aromatic carbocycles. The molecule has 1 aliphatic rings. The highest BCUT2D eigenvalue weighted by Gasteiger charge is 2.33. The summed E-state index contributed by atoms with van der Waals surface area (Å²) in [7, 11) is 1.51. The quantitative estimate of drug-likeness (QED) is 0.903. The molecule has 0 saturated carbocycles. The molecule has 0 aliphatic carbocycles. The fraction of sp³-hybridized carbons (Fsp3) is 0.500. The third kappa shape index (κ3) is 3.82. The minimum absolute atomic E-state index is 0.00301. The summed E-state index contributed by atoms with van der Waals surface area (Å²) in [5, 5.41) is 9.01. The normalized spacial score (nSPS) is 20.0. The van der Waals surface area contributed by atoms with E-state index in [2.05, 4.69) is 0 Å². The first-order valence-electron chi connectivity index (χ1n) is 7.23. The number of amides is 1. The minimum Gasteiger partial charge on any atom is -0.481 e. The predicted molar refractivity (Wildman–Crippen MR) is 77.8 cm³/mol. The van der Waals surface area contributed by atoms with Crippen molar-refractivity contribution in [3.63, 3.8) is 0 Å². The predicted octanol–water partition coefficient (Wildman–Crippen LogP) is 2.23. The van der Waals surface area contributed by atoms with Crippen LogP contribution in [0.3, 0.4) is 0 Å². The summed E-state index contributed by atoms with van der Waals surface area (Å²) in [4.78, 5) is 25.4. The van der Waals surface area contributed by atoms with Crippen LogP contribution in [-0.2, 0) is 14.3 Å². The highest BCUT2D eigenvalue weighted by Crippen LogP contribution is 2.26. The first-order valence-corrected chi connectivity index (χ1v) is 7.23. The zero-order valence-corrected chi connectivity index (χ0v) is 12.2. The van der Waals surface area contributed by atoms with E-state index in [0.717, 1.165) is 24.8 Å². The molecule has 2 unspecified atom stereocenters. The number of nitrogens with zero attached hydrogens (tertiary/aromatic N) is 1. The molecule has 5 heteroatoms. The molecule has 1 aromatic rings. The fourth-order valence-corrected chi connectivity index (χ4v) is 2.86. The van der Waals surface area contributed by atoms with Gasteiger partial charge in [-0.05, 0) is 24.8 Å². The molecule has 1 N–H and O–H groups in total. The van der Waals surface area contributed by atoms with E-state index in [4.69, 9.17) is 9.84 Å². The zero-order chi connectivity index (χ0) is 15.2. The molecule has 0 spiro atoms. The van der Waals surface area contributed by atoms with Crippen LogP contribution in [0.25, 0.3) is 0 Å². The lowest BCUT2D eigenvalue weighted by molar-refractivity contribution is -0.148. The molecular formula is C16H21NO4. The number of hydrogen-bond donors (Lipinski definition) is 1. The third-order valence-corrected chi connectivity index (χ3v) is 3.88. The van der Waals surface area contributed by atoms with Gasteiger partial charge in [0.15, 0.2) is 6.10 Å². The van der Waals surface area contributed by atoms with Crippen molar-refractivity contribution < 1.29 is 19.4 Å². The van der Waals surface area contributed by atoms with Gasteiger partial charge in [0, 0.05) is 19.7 Å². The second-order valence-electron chi connectivity index (χ2n) is 5.31. The molecule has 1 fully saturated rings. The van der Waals surface area contributed by atoms with Crippen molar-refractivity contribution in [2.24, 2.45) is 0 Å². The summed E-state index contributed by atoms with van der Waals surface area (Å²) in [6.07, 6.45) is 1.94. The highest BCUT2D eigenvalue weighted by atomic mass is 16.5. The van der Waals surface area contributed by atoms with Gasteiger partial charge in [-0.2, -0.15) is 0 Å². The summed E-state index contributed by atoms with van der Waals surface area (Å²) < 4.78 is 5.37. The average molecular weight is 291 g/mol. The number of rotatable bonds is 5. The number of carbonyl (C=O) groups excluding carboxylic acids is 1. The van der Waals surface area contributed by atoms with Crippen molar-refractivity contribution in [3.05, 3.63) is 35.9 Å². The van der Waals surface area contributed by atoms with E-state index in [1.54, 1.807) is 4.90 Å². The Labute approximate surface area is 124 Å². The highest BCUT2D eigenvalue weighted by molar-refractivity contribution is 5.83. The number of methoxy groups -OCH3 is 1. The molecule has 21 heavy (non-hydrogen) atoms. The van der Waals surface area contributed by atoms with Crippen LogP contribution in [0.15, 0.2) is 30.3 Å². The number of carboxylic acids is 1. The number of carbonyl (C=O) groups is 2. The molecule has 5 nitrogen and oxygen atoms in total. The Morgan fingerprint density at radius 2 is 2.05 bits per heavy atom. The molecule has 1 aliphatic heterocycles. The molecule has 1 heterocycles. The number of aliphatic carboxylic acids is 1. The van der Waals surface area contributed by atoms with Crippen LogP contribution < -0.4 is 0 Å². The van der Waals surface area contributed by atoms with Crippen molar-refractivity contribution in [2.75, 3.05) is 13.7 Å². The maximum atomic E-state index is 12.7. The zero-order valence-electron chi connectivity index (χ0n) is 12.2. The standard InChI is InChI=1S/C16H21NO4/c1-21-15(12-7-3-2-4-8-12)16(20)17-10-6-5-9-13(17)11-14(18)19/h2-4,7-8,13,15H,5-6,9-11H2,1H3,(H,18,19). The minimum atomic E-state index is -0.867. The van der Waals surface area contributed by atoms with Crippen LogP contribution in [-0.4, -0.2) is 41.6 Å². The van der Waals surface area contributed by atoms with Gasteiger partial charge in [0.25, 0.3) is 5.91 Å². The maximum Gasteiger partial charge on any atom is 0.305 e. The Morgan fingerprint density at radius 3 is 2.67 bits per heavy atom. The van der Waals surface area contributed by atoms with Crippen molar-refractivity contribution in [2.45, 2.75) is 37.8 Å². The molecule has 2 rings (SSSR count). The van der Waals surface area contributed by atoms with E-state index in [9.17, 15) is 9.59 Å². The average Bonchev–Trinajstić information content (AvgIpc) is 2.49. The number of piperidine rings is 1. The summed E-state index contributed by atoms with van der Waals surface area (Å²) >= 11 is 0. The fourth-order valence-electron chi connectivity index (χ4n) is 2.86. The van der Waals surface area contributed by atoms with Crippen molar-refractivity contribution in [1.82, 2.24) is 4.90 Å². The molecule has 1 amide bonds. The Morgan fingerprint density at radius 1 is 1.33 bits per heavy atom. The van der Waals surface area contributed by atoms with Crippen LogP contribution in [0.4, 0.5) is 0 Å². The molecule has 114 valence electrons. The molecule has 0 aromatic heterocycles. The number of carboxylic acid groups (broad SMARTS) is 1. The van der Waals surface area contributed by atoms with Gasteiger partial charge in [-0.25, -0.2) is 0 Å². The van der Waals surface area contributed by atoms with E-state index in [1.165, 1.54) is 7.11 Å². The monoisotopic (exact) mass is 291 g/mol. The van der Waals surface area contributed by atoms with Gasteiger partial charge in [0.05, 0.1) is 6.42 Å². The summed E-state index contributed by atoms with van der Waals surface area (Å²) in [5.41, 5.74) is 0.796. The number of benzene rings is 1. The van der Waals surface area contributed by atoms with E-state index in [1.807, 2.05) is 30.3 Å². The second-order valence-corrected chi connectivity index (χ2v) is 5.31. The van der Waals surface area contributed by atoms with Gasteiger partial charge >= 0.3 is 5.97 Å². The van der Waals surface area contributed by atoms with Crippen LogP contribution in [0.1, 0.15) is 37.4 Å². The molecule has 2 atom stereocenters. The van der Waals surface area contributed by atoms with E-state index in [0.29, 0.717) is 6.54 Å². The summed E-state index contributed by atoms with van der Waals surface area (Å²) in [5.74, 6) is -1.01. The Hall–Kier alpha value is -1.88. The lowest BCUT2D eigenvalue weighted by atomic mass is 9.97. The number of hydrogen-bond acceptors (Lipinski definition) is 3. The summed E-state index contributed by atoms with van der Waals surface area (Å²) in [6.45, 7) is 0.601. The van der Waals surface area contributed by atoms with E-state index >= 15 is 0 Å². The van der Waals surface area contributed by atoms with E-state index in [-0.39, 0.29) is 18.4 Å². The lowest BCUT2D eigenvalue weighted by Crippen LogP contribution is -2.47. The van der Waals surface area contributed by atoms with E-state index < -0.39 is 12.1 Å². The molecule has 1 saturated heterocycles. The van der Waals surface area contributed by atoms with Crippen LogP contribution in [0.2, 0.25) is 0 Å². The van der Waals surface area contributed by atoms with Crippen molar-refractivity contribution >= 4 is 11.9 Å². The van der Waals surface area contributed by atoms with Gasteiger partial charge in [0.2, 0.25) is 0 Å².